The summed E-state index contributed by atoms with van der Waals surface area (Å²) in [7, 11) is 0. The highest BCUT2D eigenvalue weighted by Crippen LogP contribution is 2.22. The van der Waals surface area contributed by atoms with Gasteiger partial charge in [0, 0.05) is 14.2 Å². The lowest BCUT2D eigenvalue weighted by molar-refractivity contribution is 0.0950. The number of amides is 1. The van der Waals surface area contributed by atoms with Crippen LogP contribution in [0.4, 0.5) is 0 Å². The minimum atomic E-state index is -0.137. The third kappa shape index (κ3) is 3.51. The van der Waals surface area contributed by atoms with Crippen LogP contribution in [0.1, 0.15) is 15.2 Å². The molecule has 0 saturated heterocycles. The molecule has 0 radical (unpaired) electrons. The summed E-state index contributed by atoms with van der Waals surface area (Å²) in [5.41, 5.74) is 0.574. The van der Waals surface area contributed by atoms with E-state index in [4.69, 9.17) is 11.6 Å². The van der Waals surface area contributed by atoms with Crippen molar-refractivity contribution in [2.45, 2.75) is 11.4 Å². The molecule has 0 atom stereocenters. The summed E-state index contributed by atoms with van der Waals surface area (Å²) < 4.78 is 1.47. The van der Waals surface area contributed by atoms with Gasteiger partial charge in [-0.3, -0.25) is 4.79 Å². The number of rotatable bonds is 3. The van der Waals surface area contributed by atoms with Crippen LogP contribution in [0.3, 0.4) is 0 Å². The molecule has 1 amide bonds. The standard InChI is InChI=1S/C12H9BrClNOS2/c13-10-3-1-7(17)5-9(10)12(16)15-6-8-2-4-11(14)18-8/h1-5,17H,6H2,(H,15,16). The minimum Gasteiger partial charge on any atom is -0.347 e. The molecule has 1 aromatic carbocycles. The highest BCUT2D eigenvalue weighted by molar-refractivity contribution is 9.10. The molecule has 0 fully saturated rings. The lowest BCUT2D eigenvalue weighted by Gasteiger charge is -2.06. The van der Waals surface area contributed by atoms with E-state index >= 15 is 0 Å². The van der Waals surface area contributed by atoms with E-state index < -0.39 is 0 Å². The van der Waals surface area contributed by atoms with Gasteiger partial charge < -0.3 is 5.32 Å². The first-order valence-electron chi connectivity index (χ1n) is 5.07. The van der Waals surface area contributed by atoms with Crippen molar-refractivity contribution in [3.8, 4) is 0 Å². The second-order valence-corrected chi connectivity index (χ2v) is 6.72. The van der Waals surface area contributed by atoms with E-state index in [1.807, 2.05) is 18.2 Å². The number of benzene rings is 1. The van der Waals surface area contributed by atoms with Gasteiger partial charge in [-0.15, -0.1) is 24.0 Å². The fourth-order valence-electron chi connectivity index (χ4n) is 1.40. The van der Waals surface area contributed by atoms with Gasteiger partial charge in [0.2, 0.25) is 0 Å². The zero-order valence-electron chi connectivity index (χ0n) is 9.11. The molecule has 1 aromatic heterocycles. The van der Waals surface area contributed by atoms with Crippen LogP contribution < -0.4 is 5.32 Å². The number of hydrogen-bond donors (Lipinski definition) is 2. The Hall–Kier alpha value is -0.490. The average Bonchev–Trinajstić information content (AvgIpc) is 2.75. The summed E-state index contributed by atoms with van der Waals surface area (Å²) in [5.74, 6) is -0.137. The van der Waals surface area contributed by atoms with Crippen LogP contribution in [-0.2, 0) is 6.54 Å². The lowest BCUT2D eigenvalue weighted by Crippen LogP contribution is -2.22. The molecular weight excluding hydrogens is 354 g/mol. The van der Waals surface area contributed by atoms with Crippen LogP contribution in [0.5, 0.6) is 0 Å². The van der Waals surface area contributed by atoms with Crippen LogP contribution in [0.2, 0.25) is 4.34 Å². The Morgan fingerprint density at radius 1 is 1.39 bits per heavy atom. The minimum absolute atomic E-state index is 0.137. The van der Waals surface area contributed by atoms with Crippen LogP contribution in [0.25, 0.3) is 0 Å². The van der Waals surface area contributed by atoms with Crippen molar-refractivity contribution in [2.24, 2.45) is 0 Å². The summed E-state index contributed by atoms with van der Waals surface area (Å²) in [4.78, 5) is 13.8. The van der Waals surface area contributed by atoms with Crippen molar-refractivity contribution in [3.05, 3.63) is 49.6 Å². The monoisotopic (exact) mass is 361 g/mol. The van der Waals surface area contributed by atoms with Crippen LogP contribution >= 0.6 is 51.5 Å². The third-order valence-corrected chi connectivity index (χ3v) is 4.45. The Morgan fingerprint density at radius 2 is 2.17 bits per heavy atom. The lowest BCUT2D eigenvalue weighted by atomic mass is 10.2. The highest BCUT2D eigenvalue weighted by Gasteiger charge is 2.10. The molecule has 0 aliphatic carbocycles. The number of halogens is 2. The molecule has 0 aliphatic rings. The van der Waals surface area contributed by atoms with E-state index in [-0.39, 0.29) is 5.91 Å². The summed E-state index contributed by atoms with van der Waals surface area (Å²) in [5, 5.41) is 2.85. The van der Waals surface area contributed by atoms with Gasteiger partial charge in [0.05, 0.1) is 16.4 Å². The zero-order chi connectivity index (χ0) is 13.1. The Morgan fingerprint density at radius 3 is 2.83 bits per heavy atom. The molecule has 18 heavy (non-hydrogen) atoms. The molecule has 0 saturated carbocycles. The van der Waals surface area contributed by atoms with E-state index in [2.05, 4.69) is 33.9 Å². The Balaban J connectivity index is 2.05. The van der Waals surface area contributed by atoms with Crippen molar-refractivity contribution in [1.82, 2.24) is 5.32 Å². The Labute approximate surface area is 128 Å². The van der Waals surface area contributed by atoms with Gasteiger partial charge in [-0.1, -0.05) is 11.6 Å². The number of carbonyl (C=O) groups excluding carboxylic acids is 1. The number of thiol groups is 1. The van der Waals surface area contributed by atoms with Crippen molar-refractivity contribution in [3.63, 3.8) is 0 Å². The number of hydrogen-bond acceptors (Lipinski definition) is 3. The maximum atomic E-state index is 12.0. The van der Waals surface area contributed by atoms with Crippen LogP contribution in [-0.4, -0.2) is 5.91 Å². The molecule has 1 N–H and O–H groups in total. The van der Waals surface area contributed by atoms with Gasteiger partial charge in [-0.2, -0.15) is 0 Å². The first kappa shape index (κ1) is 13.9. The zero-order valence-corrected chi connectivity index (χ0v) is 13.2. The van der Waals surface area contributed by atoms with Crippen molar-refractivity contribution in [1.29, 1.82) is 0 Å². The largest absolute Gasteiger partial charge is 0.347 e. The maximum absolute atomic E-state index is 12.0. The molecular formula is C12H9BrClNOS2. The quantitative estimate of drug-likeness (QED) is 0.779. The molecule has 0 unspecified atom stereocenters. The second-order valence-electron chi connectivity index (χ2n) is 3.55. The summed E-state index contributed by atoms with van der Waals surface area (Å²) in [6.45, 7) is 0.472. The van der Waals surface area contributed by atoms with Gasteiger partial charge in [0.25, 0.3) is 5.91 Å². The van der Waals surface area contributed by atoms with Crippen molar-refractivity contribution >= 4 is 57.4 Å². The van der Waals surface area contributed by atoms with E-state index in [1.54, 1.807) is 12.1 Å². The second kappa shape index (κ2) is 6.10. The predicted molar refractivity (Wildman–Crippen MR) is 81.9 cm³/mol. The molecule has 2 nitrogen and oxygen atoms in total. The number of thiophene rings is 1. The Bertz CT molecular complexity index is 585. The van der Waals surface area contributed by atoms with Gasteiger partial charge in [-0.25, -0.2) is 0 Å². The average molecular weight is 363 g/mol. The molecule has 1 heterocycles. The van der Waals surface area contributed by atoms with E-state index in [9.17, 15) is 4.79 Å². The van der Waals surface area contributed by atoms with Gasteiger partial charge in [0.1, 0.15) is 0 Å². The molecule has 0 spiro atoms. The SMILES string of the molecule is O=C(NCc1ccc(Cl)s1)c1cc(S)ccc1Br. The van der Waals surface area contributed by atoms with Gasteiger partial charge in [-0.05, 0) is 46.3 Å². The molecule has 2 rings (SSSR count). The summed E-state index contributed by atoms with van der Waals surface area (Å²) >= 11 is 14.9. The Kier molecular flexibility index (Phi) is 4.72. The van der Waals surface area contributed by atoms with Crippen molar-refractivity contribution in [2.75, 3.05) is 0 Å². The maximum Gasteiger partial charge on any atom is 0.252 e. The van der Waals surface area contributed by atoms with E-state index in [0.29, 0.717) is 12.1 Å². The fraction of sp³-hybridized carbons (Fsp3) is 0.0833. The summed E-state index contributed by atoms with van der Waals surface area (Å²) in [6, 6.07) is 9.07. The third-order valence-electron chi connectivity index (χ3n) is 2.25. The molecule has 0 aliphatic heterocycles. The van der Waals surface area contributed by atoms with Crippen LogP contribution in [0, 0.1) is 0 Å². The van der Waals surface area contributed by atoms with Gasteiger partial charge in [0.15, 0.2) is 0 Å². The normalized spacial score (nSPS) is 10.4. The molecule has 6 heteroatoms. The number of carbonyl (C=O) groups is 1. The van der Waals surface area contributed by atoms with E-state index in [0.717, 1.165) is 18.6 Å². The highest BCUT2D eigenvalue weighted by atomic mass is 79.9. The fourth-order valence-corrected chi connectivity index (χ4v) is 3.05. The molecule has 2 aromatic rings. The first-order valence-corrected chi connectivity index (χ1v) is 7.50. The van der Waals surface area contributed by atoms with Crippen LogP contribution in [0.15, 0.2) is 39.7 Å². The topological polar surface area (TPSA) is 29.1 Å². The smallest absolute Gasteiger partial charge is 0.252 e. The first-order chi connectivity index (χ1) is 8.56. The predicted octanol–water partition coefficient (Wildman–Crippen LogP) is 4.38. The van der Waals surface area contributed by atoms with Crippen molar-refractivity contribution < 1.29 is 4.79 Å². The van der Waals surface area contributed by atoms with Gasteiger partial charge >= 0.3 is 0 Å². The van der Waals surface area contributed by atoms with E-state index in [1.165, 1.54) is 11.3 Å². The molecule has 0 bridgehead atoms. The summed E-state index contributed by atoms with van der Waals surface area (Å²) in [6.07, 6.45) is 0. The molecule has 94 valence electrons. The number of nitrogens with one attached hydrogen (secondary N) is 1.